The second kappa shape index (κ2) is 5.78. The molecule has 2 aliphatic heterocycles. The fraction of sp³-hybridized carbons (Fsp3) is 0.389. The van der Waals surface area contributed by atoms with Crippen molar-refractivity contribution in [1.82, 2.24) is 4.98 Å². The first-order valence-corrected chi connectivity index (χ1v) is 8.29. The molecule has 124 valence electrons. The maximum atomic E-state index is 10.9. The molecule has 4 rings (SSSR count). The van der Waals surface area contributed by atoms with Crippen LogP contribution < -0.4 is 9.80 Å². The molecule has 3 heterocycles. The first-order chi connectivity index (χ1) is 11.6. The van der Waals surface area contributed by atoms with E-state index in [1.807, 2.05) is 6.07 Å². The van der Waals surface area contributed by atoms with Crippen LogP contribution in [0.25, 0.3) is 0 Å². The van der Waals surface area contributed by atoms with Crippen molar-refractivity contribution in [1.29, 1.82) is 0 Å². The van der Waals surface area contributed by atoms with Crippen LogP contribution in [0.1, 0.15) is 5.69 Å². The predicted octanol–water partition coefficient (Wildman–Crippen LogP) is 2.87. The summed E-state index contributed by atoms with van der Waals surface area (Å²) in [5.74, 6) is 2.11. The van der Waals surface area contributed by atoms with E-state index in [9.17, 15) is 10.1 Å². The second-order valence-electron chi connectivity index (χ2n) is 6.70. The van der Waals surface area contributed by atoms with Gasteiger partial charge in [-0.15, -0.1) is 0 Å². The van der Waals surface area contributed by atoms with E-state index in [2.05, 4.69) is 39.0 Å². The van der Waals surface area contributed by atoms with Crippen molar-refractivity contribution in [2.45, 2.75) is 6.92 Å². The number of pyridine rings is 1. The van der Waals surface area contributed by atoms with Crippen molar-refractivity contribution in [3.8, 4) is 0 Å². The number of benzene rings is 1. The molecule has 24 heavy (non-hydrogen) atoms. The van der Waals surface area contributed by atoms with E-state index < -0.39 is 0 Å². The number of rotatable bonds is 3. The standard InChI is InChI=1S/C18H20N4O2/c1-13-17(22(23)24)7-8-18(19-13)21-11-14-9-20(10-15(14)12-21)16-5-3-2-4-6-16/h2-8,14-15H,9-12H2,1H3. The van der Waals surface area contributed by atoms with E-state index in [0.29, 0.717) is 17.5 Å². The van der Waals surface area contributed by atoms with Gasteiger partial charge in [0, 0.05) is 49.8 Å². The smallest absolute Gasteiger partial charge is 0.290 e. The SMILES string of the molecule is Cc1nc(N2CC3CN(c4ccccc4)CC3C2)ccc1[N+](=O)[O-]. The van der Waals surface area contributed by atoms with Crippen LogP contribution in [-0.2, 0) is 0 Å². The summed E-state index contributed by atoms with van der Waals surface area (Å²) in [5.41, 5.74) is 1.87. The topological polar surface area (TPSA) is 62.5 Å². The van der Waals surface area contributed by atoms with Crippen molar-refractivity contribution in [3.63, 3.8) is 0 Å². The normalized spacial score (nSPS) is 22.7. The number of nitro groups is 1. The Morgan fingerprint density at radius 2 is 1.62 bits per heavy atom. The number of aromatic nitrogens is 1. The van der Waals surface area contributed by atoms with Gasteiger partial charge in [-0.3, -0.25) is 10.1 Å². The highest BCUT2D eigenvalue weighted by Crippen LogP contribution is 2.36. The van der Waals surface area contributed by atoms with Gasteiger partial charge < -0.3 is 9.80 Å². The molecule has 0 saturated carbocycles. The summed E-state index contributed by atoms with van der Waals surface area (Å²) >= 11 is 0. The summed E-state index contributed by atoms with van der Waals surface area (Å²) in [6.45, 7) is 5.78. The molecule has 1 aromatic carbocycles. The zero-order chi connectivity index (χ0) is 16.7. The van der Waals surface area contributed by atoms with E-state index in [1.54, 1.807) is 19.1 Å². The van der Waals surface area contributed by atoms with Crippen LogP contribution in [0.2, 0.25) is 0 Å². The average Bonchev–Trinajstić information content (AvgIpc) is 3.14. The third kappa shape index (κ3) is 2.58. The Kier molecular flexibility index (Phi) is 3.59. The second-order valence-corrected chi connectivity index (χ2v) is 6.70. The molecule has 0 spiro atoms. The van der Waals surface area contributed by atoms with Crippen LogP contribution in [0.15, 0.2) is 42.5 Å². The molecule has 2 unspecified atom stereocenters. The van der Waals surface area contributed by atoms with Crippen molar-refractivity contribution in [2.75, 3.05) is 36.0 Å². The largest absolute Gasteiger partial charge is 0.371 e. The Labute approximate surface area is 140 Å². The minimum Gasteiger partial charge on any atom is -0.371 e. The molecule has 6 nitrogen and oxygen atoms in total. The Morgan fingerprint density at radius 1 is 1.00 bits per heavy atom. The van der Waals surface area contributed by atoms with Gasteiger partial charge in [-0.2, -0.15) is 0 Å². The molecule has 0 N–H and O–H groups in total. The molecule has 2 fully saturated rings. The molecule has 0 aliphatic carbocycles. The highest BCUT2D eigenvalue weighted by molar-refractivity contribution is 5.51. The van der Waals surface area contributed by atoms with Gasteiger partial charge in [-0.25, -0.2) is 4.98 Å². The number of fused-ring (bicyclic) bond motifs is 1. The molecule has 0 bridgehead atoms. The van der Waals surface area contributed by atoms with Gasteiger partial charge in [0.2, 0.25) is 0 Å². The Balaban J connectivity index is 1.46. The lowest BCUT2D eigenvalue weighted by Crippen LogP contribution is -2.29. The summed E-state index contributed by atoms with van der Waals surface area (Å²) < 4.78 is 0. The fourth-order valence-corrected chi connectivity index (χ4v) is 3.94. The summed E-state index contributed by atoms with van der Waals surface area (Å²) in [4.78, 5) is 19.7. The quantitative estimate of drug-likeness (QED) is 0.642. The minimum absolute atomic E-state index is 0.0911. The first-order valence-electron chi connectivity index (χ1n) is 8.29. The van der Waals surface area contributed by atoms with Gasteiger partial charge in [0.15, 0.2) is 0 Å². The lowest BCUT2D eigenvalue weighted by Gasteiger charge is -2.24. The summed E-state index contributed by atoms with van der Waals surface area (Å²) in [6, 6.07) is 13.9. The summed E-state index contributed by atoms with van der Waals surface area (Å²) in [5, 5.41) is 10.9. The molecule has 6 heteroatoms. The van der Waals surface area contributed by atoms with E-state index in [1.165, 1.54) is 5.69 Å². The van der Waals surface area contributed by atoms with Gasteiger partial charge in [0.25, 0.3) is 5.69 Å². The average molecular weight is 324 g/mol. The summed E-state index contributed by atoms with van der Waals surface area (Å²) in [7, 11) is 0. The highest BCUT2D eigenvalue weighted by Gasteiger charge is 2.40. The Hall–Kier alpha value is -2.63. The Morgan fingerprint density at radius 3 is 2.21 bits per heavy atom. The molecule has 2 saturated heterocycles. The van der Waals surface area contributed by atoms with Gasteiger partial charge in [0.1, 0.15) is 11.5 Å². The van der Waals surface area contributed by atoms with Crippen LogP contribution >= 0.6 is 0 Å². The van der Waals surface area contributed by atoms with E-state index >= 15 is 0 Å². The zero-order valence-corrected chi connectivity index (χ0v) is 13.6. The minimum atomic E-state index is -0.372. The van der Waals surface area contributed by atoms with Crippen molar-refractivity contribution in [2.24, 2.45) is 11.8 Å². The number of hydrogen-bond acceptors (Lipinski definition) is 5. The molecule has 0 radical (unpaired) electrons. The molecular weight excluding hydrogens is 304 g/mol. The van der Waals surface area contributed by atoms with Crippen LogP contribution in [-0.4, -0.2) is 36.1 Å². The van der Waals surface area contributed by atoms with Crippen LogP contribution in [0.3, 0.4) is 0 Å². The maximum Gasteiger partial charge on any atom is 0.290 e. The van der Waals surface area contributed by atoms with Crippen LogP contribution in [0, 0.1) is 28.9 Å². The maximum absolute atomic E-state index is 10.9. The van der Waals surface area contributed by atoms with Gasteiger partial charge >= 0.3 is 0 Å². The molecule has 0 amide bonds. The number of nitrogens with zero attached hydrogens (tertiary/aromatic N) is 4. The van der Waals surface area contributed by atoms with Gasteiger partial charge in [-0.05, 0) is 25.1 Å². The molecule has 2 aliphatic rings. The Bertz CT molecular complexity index is 751. The molecule has 2 atom stereocenters. The number of para-hydroxylation sites is 1. The highest BCUT2D eigenvalue weighted by atomic mass is 16.6. The third-order valence-corrected chi connectivity index (χ3v) is 5.17. The monoisotopic (exact) mass is 324 g/mol. The molecule has 2 aromatic rings. The van der Waals surface area contributed by atoms with E-state index in [-0.39, 0.29) is 10.6 Å². The zero-order valence-electron chi connectivity index (χ0n) is 13.6. The van der Waals surface area contributed by atoms with Crippen molar-refractivity contribution in [3.05, 3.63) is 58.3 Å². The lowest BCUT2D eigenvalue weighted by atomic mass is 10.0. The number of aryl methyl sites for hydroxylation is 1. The van der Waals surface area contributed by atoms with Gasteiger partial charge in [0.05, 0.1) is 4.92 Å². The number of hydrogen-bond donors (Lipinski definition) is 0. The van der Waals surface area contributed by atoms with Crippen molar-refractivity contribution < 1.29 is 4.92 Å². The number of anilines is 2. The van der Waals surface area contributed by atoms with Crippen molar-refractivity contribution >= 4 is 17.2 Å². The van der Waals surface area contributed by atoms with Crippen LogP contribution in [0.5, 0.6) is 0 Å². The molecule has 1 aromatic heterocycles. The molecular formula is C18H20N4O2. The van der Waals surface area contributed by atoms with Crippen LogP contribution in [0.4, 0.5) is 17.2 Å². The van der Waals surface area contributed by atoms with E-state index in [4.69, 9.17) is 0 Å². The lowest BCUT2D eigenvalue weighted by molar-refractivity contribution is -0.385. The fourth-order valence-electron chi connectivity index (χ4n) is 3.94. The predicted molar refractivity (Wildman–Crippen MR) is 93.5 cm³/mol. The third-order valence-electron chi connectivity index (χ3n) is 5.17. The first kappa shape index (κ1) is 14.9. The van der Waals surface area contributed by atoms with Gasteiger partial charge in [-0.1, -0.05) is 18.2 Å². The van der Waals surface area contributed by atoms with E-state index in [0.717, 1.165) is 32.0 Å². The summed E-state index contributed by atoms with van der Waals surface area (Å²) in [6.07, 6.45) is 0.